The van der Waals surface area contributed by atoms with E-state index in [0.29, 0.717) is 5.92 Å². The van der Waals surface area contributed by atoms with Crippen LogP contribution in [0.1, 0.15) is 33.1 Å². The molecule has 0 saturated heterocycles. The zero-order valence-electron chi connectivity index (χ0n) is 10.5. The molecule has 2 N–H and O–H groups in total. The zero-order valence-corrected chi connectivity index (χ0v) is 10.5. The summed E-state index contributed by atoms with van der Waals surface area (Å²) >= 11 is 0. The fourth-order valence-corrected chi connectivity index (χ4v) is 2.54. The van der Waals surface area contributed by atoms with Crippen LogP contribution in [0.3, 0.4) is 0 Å². The van der Waals surface area contributed by atoms with Gasteiger partial charge in [-0.25, -0.2) is 0 Å². The summed E-state index contributed by atoms with van der Waals surface area (Å²) in [4.78, 5) is 7.29. The molecule has 0 radical (unpaired) electrons. The van der Waals surface area contributed by atoms with Gasteiger partial charge in [0.15, 0.2) is 0 Å². The first-order chi connectivity index (χ1) is 7.70. The Labute approximate surface area is 98.4 Å². The van der Waals surface area contributed by atoms with E-state index < -0.39 is 0 Å². The molecule has 2 aliphatic heterocycles. The molecule has 0 aromatic rings. The van der Waals surface area contributed by atoms with Crippen LogP contribution in [0, 0.1) is 5.92 Å². The molecule has 0 aromatic carbocycles. The molecule has 3 heteroatoms. The lowest BCUT2D eigenvalue weighted by Crippen LogP contribution is -2.36. The van der Waals surface area contributed by atoms with Gasteiger partial charge < -0.3 is 5.73 Å². The molecule has 2 aliphatic rings. The summed E-state index contributed by atoms with van der Waals surface area (Å²) in [6.07, 6.45) is 3.49. The lowest BCUT2D eigenvalue weighted by molar-refractivity contribution is 0.288. The van der Waals surface area contributed by atoms with E-state index in [0.717, 1.165) is 39.0 Å². The summed E-state index contributed by atoms with van der Waals surface area (Å²) < 4.78 is 0. The first kappa shape index (κ1) is 11.8. The molecule has 0 saturated carbocycles. The topological polar surface area (TPSA) is 41.6 Å². The van der Waals surface area contributed by atoms with Gasteiger partial charge in [0.25, 0.3) is 0 Å². The van der Waals surface area contributed by atoms with Gasteiger partial charge in [-0.05, 0) is 24.3 Å². The summed E-state index contributed by atoms with van der Waals surface area (Å²) in [5.41, 5.74) is 9.94. The molecule has 90 valence electrons. The predicted molar refractivity (Wildman–Crippen MR) is 68.6 cm³/mol. The Morgan fingerprint density at radius 3 is 2.81 bits per heavy atom. The van der Waals surface area contributed by atoms with E-state index in [1.54, 1.807) is 5.57 Å². The molecule has 0 unspecified atom stereocenters. The van der Waals surface area contributed by atoms with E-state index >= 15 is 0 Å². The summed E-state index contributed by atoms with van der Waals surface area (Å²) in [5, 5.41) is 0. The van der Waals surface area contributed by atoms with E-state index in [9.17, 15) is 0 Å². The predicted octanol–water partition coefficient (Wildman–Crippen LogP) is 1.80. The normalized spacial score (nSPS) is 22.4. The quantitative estimate of drug-likeness (QED) is 0.789. The lowest BCUT2D eigenvalue weighted by Gasteiger charge is -2.32. The first-order valence-electron chi connectivity index (χ1n) is 6.41. The van der Waals surface area contributed by atoms with Crippen molar-refractivity contribution in [1.82, 2.24) is 4.90 Å². The number of hydrogen-bond donors (Lipinski definition) is 1. The van der Waals surface area contributed by atoms with Crippen molar-refractivity contribution in [2.24, 2.45) is 16.6 Å². The molecule has 0 aliphatic carbocycles. The lowest BCUT2D eigenvalue weighted by atomic mass is 9.92. The van der Waals surface area contributed by atoms with Gasteiger partial charge in [0.2, 0.25) is 0 Å². The molecule has 0 aromatic heterocycles. The minimum atomic E-state index is 0.608. The Balaban J connectivity index is 2.07. The molecule has 16 heavy (non-hydrogen) atoms. The van der Waals surface area contributed by atoms with Crippen LogP contribution in [0.15, 0.2) is 16.3 Å². The van der Waals surface area contributed by atoms with Crippen molar-refractivity contribution in [1.29, 1.82) is 0 Å². The third-order valence-corrected chi connectivity index (χ3v) is 3.56. The van der Waals surface area contributed by atoms with Crippen molar-refractivity contribution in [3.63, 3.8) is 0 Å². The molecular weight excluding hydrogens is 198 g/mol. The molecule has 3 nitrogen and oxygen atoms in total. The van der Waals surface area contributed by atoms with Gasteiger partial charge in [0, 0.05) is 44.0 Å². The maximum absolute atomic E-state index is 5.60. The number of hydrogen-bond acceptors (Lipinski definition) is 3. The molecule has 2 heterocycles. The molecule has 0 atom stereocenters. The Kier molecular flexibility index (Phi) is 3.77. The number of aliphatic imine (C=N–C) groups is 1. The molecule has 0 fully saturated rings. The van der Waals surface area contributed by atoms with Gasteiger partial charge in [0.1, 0.15) is 0 Å². The van der Waals surface area contributed by atoms with Crippen molar-refractivity contribution in [2.75, 3.05) is 26.2 Å². The Hall–Kier alpha value is -0.670. The summed E-state index contributed by atoms with van der Waals surface area (Å²) in [7, 11) is 0. The van der Waals surface area contributed by atoms with Crippen LogP contribution < -0.4 is 5.73 Å². The zero-order chi connectivity index (χ0) is 11.5. The van der Waals surface area contributed by atoms with Crippen LogP contribution >= 0.6 is 0 Å². The van der Waals surface area contributed by atoms with Crippen LogP contribution in [0.4, 0.5) is 0 Å². The fourth-order valence-electron chi connectivity index (χ4n) is 2.54. The van der Waals surface area contributed by atoms with Crippen molar-refractivity contribution >= 4 is 5.71 Å². The van der Waals surface area contributed by atoms with Crippen molar-refractivity contribution in [3.8, 4) is 0 Å². The fraction of sp³-hybridized carbons (Fsp3) is 0.769. The van der Waals surface area contributed by atoms with E-state index in [1.165, 1.54) is 17.8 Å². The summed E-state index contributed by atoms with van der Waals surface area (Å²) in [5.74, 6) is 0.608. The average Bonchev–Trinajstić information content (AvgIpc) is 2.28. The third kappa shape index (κ3) is 2.53. The minimum absolute atomic E-state index is 0.608. The summed E-state index contributed by atoms with van der Waals surface area (Å²) in [6, 6.07) is 0. The standard InChI is InChI=1S/C13H23N3/c1-10(2)12-4-3-11-9-16(8-6-14)7-5-13(11)15-12/h10H,3-9,14H2,1-2H3. The maximum Gasteiger partial charge on any atom is 0.0420 e. The Bertz CT molecular complexity index is 315. The Morgan fingerprint density at radius 2 is 2.12 bits per heavy atom. The van der Waals surface area contributed by atoms with Gasteiger partial charge in [-0.1, -0.05) is 13.8 Å². The smallest absolute Gasteiger partial charge is 0.0420 e. The highest BCUT2D eigenvalue weighted by atomic mass is 15.1. The highest BCUT2D eigenvalue weighted by Gasteiger charge is 2.22. The second kappa shape index (κ2) is 5.11. The first-order valence-corrected chi connectivity index (χ1v) is 6.41. The number of nitrogens with zero attached hydrogens (tertiary/aromatic N) is 2. The SMILES string of the molecule is CC(C)C1=NC2=C(CC1)CN(CCN)CC2. The van der Waals surface area contributed by atoms with E-state index in [2.05, 4.69) is 18.7 Å². The van der Waals surface area contributed by atoms with Gasteiger partial charge >= 0.3 is 0 Å². The largest absolute Gasteiger partial charge is 0.329 e. The molecular formula is C13H23N3. The van der Waals surface area contributed by atoms with Crippen molar-refractivity contribution in [3.05, 3.63) is 11.3 Å². The van der Waals surface area contributed by atoms with Crippen LogP contribution in [-0.4, -0.2) is 36.8 Å². The van der Waals surface area contributed by atoms with Crippen molar-refractivity contribution < 1.29 is 0 Å². The number of rotatable bonds is 3. The average molecular weight is 221 g/mol. The van der Waals surface area contributed by atoms with Crippen LogP contribution in [-0.2, 0) is 0 Å². The molecule has 0 amide bonds. The van der Waals surface area contributed by atoms with Gasteiger partial charge in [-0.3, -0.25) is 9.89 Å². The third-order valence-electron chi connectivity index (χ3n) is 3.56. The van der Waals surface area contributed by atoms with Gasteiger partial charge in [0.05, 0.1) is 0 Å². The highest BCUT2D eigenvalue weighted by Crippen LogP contribution is 2.28. The molecule has 2 rings (SSSR count). The van der Waals surface area contributed by atoms with E-state index in [1.807, 2.05) is 0 Å². The highest BCUT2D eigenvalue weighted by molar-refractivity contribution is 5.88. The Morgan fingerprint density at radius 1 is 1.31 bits per heavy atom. The maximum atomic E-state index is 5.60. The number of nitrogens with two attached hydrogens (primary N) is 1. The molecule has 0 bridgehead atoms. The van der Waals surface area contributed by atoms with Crippen LogP contribution in [0.2, 0.25) is 0 Å². The van der Waals surface area contributed by atoms with Crippen molar-refractivity contribution in [2.45, 2.75) is 33.1 Å². The monoisotopic (exact) mass is 221 g/mol. The minimum Gasteiger partial charge on any atom is -0.329 e. The van der Waals surface area contributed by atoms with Crippen LogP contribution in [0.25, 0.3) is 0 Å². The van der Waals surface area contributed by atoms with E-state index in [4.69, 9.17) is 10.7 Å². The second-order valence-corrected chi connectivity index (χ2v) is 5.12. The van der Waals surface area contributed by atoms with Crippen LogP contribution in [0.5, 0.6) is 0 Å². The van der Waals surface area contributed by atoms with Gasteiger partial charge in [-0.15, -0.1) is 0 Å². The molecule has 0 spiro atoms. The second-order valence-electron chi connectivity index (χ2n) is 5.12. The summed E-state index contributed by atoms with van der Waals surface area (Å²) in [6.45, 7) is 8.51. The van der Waals surface area contributed by atoms with Gasteiger partial charge in [-0.2, -0.15) is 0 Å². The van der Waals surface area contributed by atoms with E-state index in [-0.39, 0.29) is 0 Å².